The van der Waals surface area contributed by atoms with Crippen LogP contribution < -0.4 is 10.1 Å². The van der Waals surface area contributed by atoms with Gasteiger partial charge in [-0.1, -0.05) is 6.07 Å². The van der Waals surface area contributed by atoms with Crippen molar-refractivity contribution in [1.29, 1.82) is 0 Å². The van der Waals surface area contributed by atoms with Crippen LogP contribution in [0.25, 0.3) is 0 Å². The van der Waals surface area contributed by atoms with Crippen molar-refractivity contribution in [2.45, 2.75) is 24.6 Å². The van der Waals surface area contributed by atoms with Crippen molar-refractivity contribution >= 4 is 9.84 Å². The maximum Gasteiger partial charge on any atom is 0.212 e. The predicted molar refractivity (Wildman–Crippen MR) is 69.3 cm³/mol. The lowest BCUT2D eigenvalue weighted by atomic mass is 10.2. The third kappa shape index (κ3) is 3.20. The zero-order chi connectivity index (χ0) is 13.0. The molecule has 1 aromatic heterocycles. The van der Waals surface area contributed by atoms with E-state index < -0.39 is 9.84 Å². The molecule has 1 fully saturated rings. The Morgan fingerprint density at radius 2 is 2.33 bits per heavy atom. The summed E-state index contributed by atoms with van der Waals surface area (Å²) < 4.78 is 28.2. The second-order valence-corrected chi connectivity index (χ2v) is 6.87. The van der Waals surface area contributed by atoms with Gasteiger partial charge >= 0.3 is 0 Å². The molecule has 0 aromatic carbocycles. The van der Waals surface area contributed by atoms with Gasteiger partial charge in [-0.05, 0) is 18.4 Å². The van der Waals surface area contributed by atoms with Crippen LogP contribution in [0.15, 0.2) is 18.3 Å². The van der Waals surface area contributed by atoms with Gasteiger partial charge in [0.05, 0.1) is 18.1 Å². The zero-order valence-corrected chi connectivity index (χ0v) is 11.2. The Kier molecular flexibility index (Phi) is 4.19. The largest absolute Gasteiger partial charge is 0.481 e. The molecule has 0 saturated carbocycles. The quantitative estimate of drug-likeness (QED) is 0.855. The first-order valence-corrected chi connectivity index (χ1v) is 7.74. The summed E-state index contributed by atoms with van der Waals surface area (Å²) in [6.45, 7) is 1.15. The predicted octanol–water partition coefficient (Wildman–Crippen LogP) is 0.757. The number of rotatable bonds is 5. The van der Waals surface area contributed by atoms with Gasteiger partial charge in [0.15, 0.2) is 9.84 Å². The van der Waals surface area contributed by atoms with E-state index in [1.807, 2.05) is 6.07 Å². The molecule has 0 amide bonds. The van der Waals surface area contributed by atoms with Gasteiger partial charge in [-0.2, -0.15) is 0 Å². The minimum absolute atomic E-state index is 0.219. The van der Waals surface area contributed by atoms with E-state index in [1.165, 1.54) is 0 Å². The number of ether oxygens (including phenoxy) is 1. The molecule has 1 aromatic rings. The van der Waals surface area contributed by atoms with Crippen molar-refractivity contribution in [2.24, 2.45) is 0 Å². The van der Waals surface area contributed by atoms with E-state index in [-0.39, 0.29) is 5.25 Å². The minimum Gasteiger partial charge on any atom is -0.481 e. The number of aromatic nitrogens is 1. The maximum atomic E-state index is 11.6. The normalized spacial score (nSPS) is 21.9. The Morgan fingerprint density at radius 1 is 1.50 bits per heavy atom. The fraction of sp³-hybridized carbons (Fsp3) is 0.583. The third-order valence-electron chi connectivity index (χ3n) is 3.17. The molecule has 2 heterocycles. The molecule has 0 bridgehead atoms. The first-order chi connectivity index (χ1) is 8.62. The molecule has 6 heteroatoms. The van der Waals surface area contributed by atoms with Crippen LogP contribution in [0.2, 0.25) is 0 Å². The fourth-order valence-corrected chi connectivity index (χ4v) is 3.90. The summed E-state index contributed by atoms with van der Waals surface area (Å²) in [4.78, 5) is 4.10. The number of nitrogens with zero attached hydrogens (tertiary/aromatic N) is 1. The molecule has 0 radical (unpaired) electrons. The van der Waals surface area contributed by atoms with E-state index in [4.69, 9.17) is 4.74 Å². The highest BCUT2D eigenvalue weighted by molar-refractivity contribution is 7.92. The summed E-state index contributed by atoms with van der Waals surface area (Å²) in [5, 5.41) is 2.96. The van der Waals surface area contributed by atoms with Crippen LogP contribution in [0.4, 0.5) is 0 Å². The summed E-state index contributed by atoms with van der Waals surface area (Å²) in [6, 6.07) is 3.71. The van der Waals surface area contributed by atoms with Crippen LogP contribution in [0.1, 0.15) is 18.4 Å². The molecule has 1 atom stereocenters. The zero-order valence-electron chi connectivity index (χ0n) is 10.4. The van der Waals surface area contributed by atoms with E-state index in [9.17, 15) is 8.42 Å². The molecule has 1 aliphatic rings. The molecule has 100 valence electrons. The van der Waals surface area contributed by atoms with E-state index in [0.29, 0.717) is 24.7 Å². The van der Waals surface area contributed by atoms with Crippen molar-refractivity contribution in [1.82, 2.24) is 10.3 Å². The number of methoxy groups -OCH3 is 1. The van der Waals surface area contributed by atoms with Gasteiger partial charge in [-0.3, -0.25) is 0 Å². The lowest BCUT2D eigenvalue weighted by Gasteiger charge is -2.10. The summed E-state index contributed by atoms with van der Waals surface area (Å²) in [5.41, 5.74) is 1.02. The Morgan fingerprint density at radius 3 is 2.89 bits per heavy atom. The minimum atomic E-state index is -2.85. The Bertz CT molecular complexity index is 485. The second-order valence-electron chi connectivity index (χ2n) is 4.47. The fourth-order valence-electron chi connectivity index (χ4n) is 2.10. The Hall–Kier alpha value is -1.14. The van der Waals surface area contributed by atoms with Gasteiger partial charge in [0.2, 0.25) is 5.88 Å². The second kappa shape index (κ2) is 5.67. The molecule has 1 aliphatic heterocycles. The SMILES string of the molecule is COc1ccc(CNCC2CCCS2(=O)=O)cn1. The molecule has 1 saturated heterocycles. The van der Waals surface area contributed by atoms with Crippen LogP contribution in [-0.4, -0.2) is 38.1 Å². The topological polar surface area (TPSA) is 68.3 Å². The molecule has 1 unspecified atom stereocenters. The molecule has 5 nitrogen and oxygen atoms in total. The van der Waals surface area contributed by atoms with Crippen molar-refractivity contribution in [3.63, 3.8) is 0 Å². The van der Waals surface area contributed by atoms with Gasteiger partial charge < -0.3 is 10.1 Å². The van der Waals surface area contributed by atoms with E-state index in [2.05, 4.69) is 10.3 Å². The monoisotopic (exact) mass is 270 g/mol. The highest BCUT2D eigenvalue weighted by Crippen LogP contribution is 2.19. The summed E-state index contributed by atoms with van der Waals surface area (Å²) in [6.07, 6.45) is 3.30. The first-order valence-electron chi connectivity index (χ1n) is 6.03. The number of hydrogen-bond acceptors (Lipinski definition) is 5. The highest BCUT2D eigenvalue weighted by Gasteiger charge is 2.30. The van der Waals surface area contributed by atoms with Gasteiger partial charge in [-0.25, -0.2) is 13.4 Å². The van der Waals surface area contributed by atoms with Gasteiger partial charge in [0.25, 0.3) is 0 Å². The summed E-state index contributed by atoms with van der Waals surface area (Å²) in [5.74, 6) is 0.917. The number of sulfone groups is 1. The highest BCUT2D eigenvalue weighted by atomic mass is 32.2. The number of hydrogen-bond donors (Lipinski definition) is 1. The molecular weight excluding hydrogens is 252 g/mol. The standard InChI is InChI=1S/C12H18N2O3S/c1-17-12-5-4-10(8-14-12)7-13-9-11-3-2-6-18(11,15)16/h4-5,8,11,13H,2-3,6-7,9H2,1H3. The van der Waals surface area contributed by atoms with Crippen molar-refractivity contribution in [2.75, 3.05) is 19.4 Å². The molecule has 0 spiro atoms. The van der Waals surface area contributed by atoms with Crippen LogP contribution in [0.3, 0.4) is 0 Å². The molecule has 2 rings (SSSR count). The van der Waals surface area contributed by atoms with Gasteiger partial charge in [-0.15, -0.1) is 0 Å². The van der Waals surface area contributed by atoms with Gasteiger partial charge in [0, 0.05) is 25.4 Å². The van der Waals surface area contributed by atoms with Crippen LogP contribution in [-0.2, 0) is 16.4 Å². The number of nitrogens with one attached hydrogen (secondary N) is 1. The third-order valence-corrected chi connectivity index (χ3v) is 5.45. The average Bonchev–Trinajstić information content (AvgIpc) is 2.70. The van der Waals surface area contributed by atoms with Crippen molar-refractivity contribution in [3.05, 3.63) is 23.9 Å². The number of pyridine rings is 1. The molecule has 0 aliphatic carbocycles. The van der Waals surface area contributed by atoms with E-state index >= 15 is 0 Å². The molecule has 18 heavy (non-hydrogen) atoms. The Balaban J connectivity index is 1.81. The summed E-state index contributed by atoms with van der Waals surface area (Å²) in [7, 11) is -1.28. The first kappa shape index (κ1) is 13.3. The molecule has 1 N–H and O–H groups in total. The lowest BCUT2D eigenvalue weighted by molar-refractivity contribution is 0.397. The van der Waals surface area contributed by atoms with Gasteiger partial charge in [0.1, 0.15) is 0 Å². The summed E-state index contributed by atoms with van der Waals surface area (Å²) >= 11 is 0. The Labute approximate surface area is 107 Å². The van der Waals surface area contributed by atoms with E-state index in [1.54, 1.807) is 19.4 Å². The van der Waals surface area contributed by atoms with Crippen LogP contribution in [0.5, 0.6) is 5.88 Å². The maximum absolute atomic E-state index is 11.6. The van der Waals surface area contributed by atoms with Crippen molar-refractivity contribution < 1.29 is 13.2 Å². The lowest BCUT2D eigenvalue weighted by Crippen LogP contribution is -2.30. The molecular formula is C12H18N2O3S. The van der Waals surface area contributed by atoms with Crippen LogP contribution >= 0.6 is 0 Å². The average molecular weight is 270 g/mol. The van der Waals surface area contributed by atoms with Crippen LogP contribution in [0, 0.1) is 0 Å². The van der Waals surface area contributed by atoms with Crippen molar-refractivity contribution in [3.8, 4) is 5.88 Å². The van der Waals surface area contributed by atoms with E-state index in [0.717, 1.165) is 18.4 Å². The smallest absolute Gasteiger partial charge is 0.212 e.